The van der Waals surface area contributed by atoms with Gasteiger partial charge in [-0.3, -0.25) is 19.6 Å². The van der Waals surface area contributed by atoms with Gasteiger partial charge in [-0.05, 0) is 60.7 Å². The lowest BCUT2D eigenvalue weighted by molar-refractivity contribution is 0.102. The molecule has 0 aromatic carbocycles. The molecule has 0 fully saturated rings. The molecule has 0 aliphatic rings. The van der Waals surface area contributed by atoms with Crippen LogP contribution in [0.2, 0.25) is 0 Å². The SMILES string of the molecule is N#C/C(c1cccc(C(=O)c2ccccn2)n1)=c1/ccn2cc3/c(=C(/C#N)c4cccc(C(=O)c5ccccn5)n4)ccn3cc12. The number of carbonyl (C=O) groups excluding carboxylic acids is 2. The van der Waals surface area contributed by atoms with Gasteiger partial charge in [0.1, 0.15) is 34.9 Å². The summed E-state index contributed by atoms with van der Waals surface area (Å²) in [6, 6.07) is 28.3. The number of fused-ring (bicyclic) bond motifs is 2. The number of carbonyl (C=O) groups is 2. The molecule has 216 valence electrons. The largest absolute Gasteiger partial charge is 0.320 e. The van der Waals surface area contributed by atoms with Gasteiger partial charge in [0.25, 0.3) is 0 Å². The number of nitriles is 2. The van der Waals surface area contributed by atoms with Crippen molar-refractivity contribution in [1.29, 1.82) is 10.5 Å². The van der Waals surface area contributed by atoms with Crippen molar-refractivity contribution in [2.75, 3.05) is 0 Å². The highest BCUT2D eigenvalue weighted by Crippen LogP contribution is 2.16. The molecule has 0 atom stereocenters. The number of aromatic nitrogens is 6. The Hall–Kier alpha value is -7.04. The predicted octanol–water partition coefficient (Wildman–Crippen LogP) is 3.68. The Morgan fingerprint density at radius 2 is 0.935 bits per heavy atom. The van der Waals surface area contributed by atoms with Gasteiger partial charge in [0.2, 0.25) is 11.6 Å². The Morgan fingerprint density at radius 1 is 0.522 bits per heavy atom. The maximum absolute atomic E-state index is 13.0. The summed E-state index contributed by atoms with van der Waals surface area (Å²) >= 11 is 0. The van der Waals surface area contributed by atoms with Gasteiger partial charge in [-0.1, -0.05) is 24.3 Å². The molecule has 7 heterocycles. The van der Waals surface area contributed by atoms with E-state index in [-0.39, 0.29) is 34.3 Å². The summed E-state index contributed by atoms with van der Waals surface area (Å²) in [6.45, 7) is 0. The molecule has 7 aromatic heterocycles. The van der Waals surface area contributed by atoms with E-state index < -0.39 is 0 Å². The second-order valence-electron chi connectivity index (χ2n) is 10.2. The maximum Gasteiger partial charge on any atom is 0.229 e. The molecule has 0 aliphatic carbocycles. The molecule has 0 saturated carbocycles. The fourth-order valence-electron chi connectivity index (χ4n) is 5.27. The van der Waals surface area contributed by atoms with E-state index in [0.29, 0.717) is 44.0 Å². The molecule has 10 nitrogen and oxygen atoms in total. The summed E-state index contributed by atoms with van der Waals surface area (Å²) in [4.78, 5) is 43.2. The van der Waals surface area contributed by atoms with Crippen molar-refractivity contribution in [1.82, 2.24) is 28.7 Å². The summed E-state index contributed by atoms with van der Waals surface area (Å²) in [5.74, 6) is -0.678. The molecule has 7 aromatic rings. The summed E-state index contributed by atoms with van der Waals surface area (Å²) in [5, 5.41) is 21.7. The van der Waals surface area contributed by atoms with Crippen LogP contribution in [-0.4, -0.2) is 40.3 Å². The number of hydrogen-bond acceptors (Lipinski definition) is 8. The van der Waals surface area contributed by atoms with E-state index in [4.69, 9.17) is 0 Å². The molecule has 0 saturated heterocycles. The van der Waals surface area contributed by atoms with Crippen molar-refractivity contribution >= 4 is 33.7 Å². The highest BCUT2D eigenvalue weighted by atomic mass is 16.1. The highest BCUT2D eigenvalue weighted by molar-refractivity contribution is 6.07. The summed E-state index contributed by atoms with van der Waals surface area (Å²) < 4.78 is 3.72. The molecule has 0 unspecified atom stereocenters. The maximum atomic E-state index is 13.0. The molecular weight excluding hydrogens is 576 g/mol. The first-order valence-corrected chi connectivity index (χ1v) is 14.1. The van der Waals surface area contributed by atoms with Crippen molar-refractivity contribution in [3.63, 3.8) is 0 Å². The van der Waals surface area contributed by atoms with Crippen molar-refractivity contribution in [3.05, 3.63) is 167 Å². The zero-order chi connectivity index (χ0) is 31.6. The molecule has 0 N–H and O–H groups in total. The average Bonchev–Trinajstić information content (AvgIpc) is 3.72. The third-order valence-electron chi connectivity index (χ3n) is 7.47. The van der Waals surface area contributed by atoms with Crippen molar-refractivity contribution < 1.29 is 9.59 Å². The summed E-state index contributed by atoms with van der Waals surface area (Å²) in [7, 11) is 0. The molecule has 0 spiro atoms. The molecule has 10 heteroatoms. The van der Waals surface area contributed by atoms with Gasteiger partial charge in [0.15, 0.2) is 0 Å². The van der Waals surface area contributed by atoms with E-state index in [2.05, 4.69) is 32.1 Å². The average molecular weight is 597 g/mol. The molecule has 0 aliphatic heterocycles. The lowest BCUT2D eigenvalue weighted by Gasteiger charge is -2.05. The second kappa shape index (κ2) is 11.6. The van der Waals surface area contributed by atoms with Crippen LogP contribution in [0.5, 0.6) is 0 Å². The van der Waals surface area contributed by atoms with Crippen LogP contribution in [0.1, 0.15) is 43.8 Å². The third kappa shape index (κ3) is 4.88. The van der Waals surface area contributed by atoms with E-state index in [1.807, 2.05) is 45.7 Å². The molecule has 7 rings (SSSR count). The van der Waals surface area contributed by atoms with Crippen LogP contribution in [0.25, 0.3) is 22.2 Å². The van der Waals surface area contributed by atoms with Gasteiger partial charge < -0.3 is 8.80 Å². The lowest BCUT2D eigenvalue weighted by Crippen LogP contribution is -2.12. The van der Waals surface area contributed by atoms with Crippen molar-refractivity contribution in [2.45, 2.75) is 0 Å². The van der Waals surface area contributed by atoms with Crippen LogP contribution in [-0.2, 0) is 0 Å². The number of hydrogen-bond donors (Lipinski definition) is 0. The Morgan fingerprint density at radius 3 is 1.33 bits per heavy atom. The first-order valence-electron chi connectivity index (χ1n) is 14.1. The van der Waals surface area contributed by atoms with Gasteiger partial charge in [-0.2, -0.15) is 10.5 Å². The van der Waals surface area contributed by atoms with Crippen LogP contribution in [0.4, 0.5) is 0 Å². The van der Waals surface area contributed by atoms with Crippen LogP contribution < -0.4 is 10.4 Å². The second-order valence-corrected chi connectivity index (χ2v) is 10.2. The number of nitrogens with zero attached hydrogens (tertiary/aromatic N) is 8. The first kappa shape index (κ1) is 27.8. The van der Waals surface area contributed by atoms with E-state index in [1.165, 1.54) is 0 Å². The number of pyridine rings is 4. The first-order chi connectivity index (χ1) is 22.6. The van der Waals surface area contributed by atoms with Gasteiger partial charge in [0.05, 0.1) is 33.6 Å². The smallest absolute Gasteiger partial charge is 0.229 e. The molecule has 0 radical (unpaired) electrons. The van der Waals surface area contributed by atoms with E-state index in [9.17, 15) is 20.1 Å². The molecule has 0 amide bonds. The Bertz CT molecular complexity index is 2360. The highest BCUT2D eigenvalue weighted by Gasteiger charge is 2.17. The number of ketones is 2. The normalized spacial score (nSPS) is 12.3. The van der Waals surface area contributed by atoms with Crippen LogP contribution in [0, 0.1) is 22.7 Å². The fraction of sp³-hybridized carbons (Fsp3) is 0. The topological polar surface area (TPSA) is 142 Å². The summed E-state index contributed by atoms with van der Waals surface area (Å²) in [6.07, 6.45) is 10.4. The minimum Gasteiger partial charge on any atom is -0.320 e. The van der Waals surface area contributed by atoms with Crippen LogP contribution in [0.3, 0.4) is 0 Å². The van der Waals surface area contributed by atoms with E-state index >= 15 is 0 Å². The van der Waals surface area contributed by atoms with Gasteiger partial charge >= 0.3 is 0 Å². The van der Waals surface area contributed by atoms with Crippen LogP contribution in [0.15, 0.2) is 122 Å². The Kier molecular flexibility index (Phi) is 6.98. The zero-order valence-corrected chi connectivity index (χ0v) is 23.9. The summed E-state index contributed by atoms with van der Waals surface area (Å²) in [5.41, 5.74) is 3.65. The Balaban J connectivity index is 1.34. The van der Waals surface area contributed by atoms with Crippen molar-refractivity contribution in [3.8, 4) is 12.1 Å². The lowest BCUT2D eigenvalue weighted by atomic mass is 10.1. The van der Waals surface area contributed by atoms with Gasteiger partial charge in [-0.25, -0.2) is 9.97 Å². The minimum absolute atomic E-state index is 0.184. The van der Waals surface area contributed by atoms with Gasteiger partial charge in [-0.15, -0.1) is 0 Å². The molecular formula is C36H20N8O2. The quantitative estimate of drug-likeness (QED) is 0.265. The number of rotatable bonds is 6. The van der Waals surface area contributed by atoms with E-state index in [1.54, 1.807) is 85.2 Å². The monoisotopic (exact) mass is 596 g/mol. The van der Waals surface area contributed by atoms with Gasteiger partial charge in [0, 0.05) is 47.6 Å². The van der Waals surface area contributed by atoms with E-state index in [0.717, 1.165) is 0 Å². The fourth-order valence-corrected chi connectivity index (χ4v) is 5.27. The molecule has 46 heavy (non-hydrogen) atoms. The zero-order valence-electron chi connectivity index (χ0n) is 23.9. The predicted molar refractivity (Wildman–Crippen MR) is 168 cm³/mol. The molecule has 0 bridgehead atoms. The third-order valence-corrected chi connectivity index (χ3v) is 7.47. The van der Waals surface area contributed by atoms with Crippen LogP contribution >= 0.6 is 0 Å². The Labute approximate surface area is 261 Å². The minimum atomic E-state index is -0.339. The van der Waals surface area contributed by atoms with Crippen molar-refractivity contribution in [2.24, 2.45) is 0 Å². The standard InChI is InChI=1S/C36H20N8O2/c37-19-25(27-9-5-11-31(41-27)35(45)29-7-1-3-15-39-29)23-13-17-43-22-34-24(14-18-44(34)21-33(23)43)26(20-38)28-10-6-12-32(42-28)36(46)30-8-2-4-16-40-30/h1-18,21-22H/b25-23-,26-24+.